The predicted molar refractivity (Wildman–Crippen MR) is 124 cm³/mol. The lowest BCUT2D eigenvalue weighted by molar-refractivity contribution is -0.137. The summed E-state index contributed by atoms with van der Waals surface area (Å²) >= 11 is 5.68. The lowest BCUT2D eigenvalue weighted by atomic mass is 10.1. The van der Waals surface area contributed by atoms with Gasteiger partial charge in [0.15, 0.2) is 0 Å². The minimum atomic E-state index is -4.71. The normalized spacial score (nSPS) is 17.0. The van der Waals surface area contributed by atoms with Gasteiger partial charge in [0.05, 0.1) is 35.2 Å². The molecular formula is C23H24ClF3N4O3. The molecule has 2 unspecified atom stereocenters. The van der Waals surface area contributed by atoms with Crippen molar-refractivity contribution >= 4 is 46.4 Å². The summed E-state index contributed by atoms with van der Waals surface area (Å²) in [5.41, 5.74) is -0.451. The lowest BCUT2D eigenvalue weighted by Crippen LogP contribution is -2.48. The van der Waals surface area contributed by atoms with Gasteiger partial charge in [-0.1, -0.05) is 23.7 Å². The largest absolute Gasteiger partial charge is 0.418 e. The first-order valence-electron chi connectivity index (χ1n) is 10.5. The summed E-state index contributed by atoms with van der Waals surface area (Å²) in [7, 11) is 1.52. The monoisotopic (exact) mass is 496 g/mol. The number of likely N-dealkylation sites (N-methyl/N-ethyl adjacent to an activating group) is 1. The van der Waals surface area contributed by atoms with Gasteiger partial charge in [-0.05, 0) is 51.2 Å². The van der Waals surface area contributed by atoms with E-state index in [9.17, 15) is 27.6 Å². The number of nitrogens with one attached hydrogen (secondary N) is 2. The maximum Gasteiger partial charge on any atom is 0.418 e. The fourth-order valence-corrected chi connectivity index (χ4v) is 3.86. The zero-order valence-corrected chi connectivity index (χ0v) is 19.5. The van der Waals surface area contributed by atoms with Gasteiger partial charge < -0.3 is 15.5 Å². The third-order valence-electron chi connectivity index (χ3n) is 5.60. The Bertz CT molecular complexity index is 1110. The van der Waals surface area contributed by atoms with Gasteiger partial charge >= 0.3 is 6.18 Å². The number of alkyl halides is 3. The first-order chi connectivity index (χ1) is 15.9. The molecule has 0 aliphatic carbocycles. The number of halogens is 4. The number of hydrogen-bond donors (Lipinski definition) is 2. The molecule has 182 valence electrons. The van der Waals surface area contributed by atoms with Gasteiger partial charge in [-0.15, -0.1) is 0 Å². The fraction of sp³-hybridized carbons (Fsp3) is 0.348. The van der Waals surface area contributed by atoms with Crippen LogP contribution in [0.2, 0.25) is 5.02 Å². The molecule has 34 heavy (non-hydrogen) atoms. The third kappa shape index (κ3) is 5.68. The summed E-state index contributed by atoms with van der Waals surface area (Å²) in [6.07, 6.45) is -4.61. The third-order valence-corrected chi connectivity index (χ3v) is 5.83. The first kappa shape index (κ1) is 25.5. The van der Waals surface area contributed by atoms with Gasteiger partial charge in [-0.2, -0.15) is 13.2 Å². The summed E-state index contributed by atoms with van der Waals surface area (Å²) in [6, 6.07) is 8.59. The lowest BCUT2D eigenvalue weighted by Gasteiger charge is -2.31. The van der Waals surface area contributed by atoms with Gasteiger partial charge in [0.1, 0.15) is 0 Å². The van der Waals surface area contributed by atoms with Crippen LogP contribution in [0.1, 0.15) is 25.8 Å². The number of nitrogens with zero attached hydrogens (tertiary/aromatic N) is 2. The molecule has 2 aromatic carbocycles. The Morgan fingerprint density at radius 1 is 1.26 bits per heavy atom. The number of benzene rings is 2. The van der Waals surface area contributed by atoms with E-state index in [4.69, 9.17) is 11.6 Å². The van der Waals surface area contributed by atoms with E-state index < -0.39 is 35.4 Å². The van der Waals surface area contributed by atoms with Crippen molar-refractivity contribution in [2.75, 3.05) is 29.1 Å². The molecule has 0 saturated carbocycles. The standard InChI is InChI=1S/C23H24ClF3N4O3/c1-13-10-20(32)28-18-6-4-5-7-19(18)31(13)21(33)12-30(3)14(2)22(34)29-17-9-8-15(24)11-16(17)23(25,26)27/h4-9,11,13-14H,10,12H2,1-3H3,(H,28,32)(H,29,34). The summed E-state index contributed by atoms with van der Waals surface area (Å²) in [4.78, 5) is 41.0. The topological polar surface area (TPSA) is 81.8 Å². The first-order valence-corrected chi connectivity index (χ1v) is 10.8. The van der Waals surface area contributed by atoms with Crippen molar-refractivity contribution < 1.29 is 27.6 Å². The minimum Gasteiger partial charge on any atom is -0.324 e. The smallest absolute Gasteiger partial charge is 0.324 e. The fourth-order valence-electron chi connectivity index (χ4n) is 3.69. The molecule has 0 spiro atoms. The second kappa shape index (κ2) is 10.0. The van der Waals surface area contributed by atoms with E-state index in [-0.39, 0.29) is 29.8 Å². The number of anilines is 3. The van der Waals surface area contributed by atoms with Crippen LogP contribution in [0.25, 0.3) is 0 Å². The molecule has 3 amide bonds. The number of carbonyl (C=O) groups excluding carboxylic acids is 3. The second-order valence-electron chi connectivity index (χ2n) is 8.15. The Morgan fingerprint density at radius 2 is 1.94 bits per heavy atom. The molecule has 0 saturated heterocycles. The number of para-hydroxylation sites is 2. The summed E-state index contributed by atoms with van der Waals surface area (Å²) in [5.74, 6) is -1.30. The van der Waals surface area contributed by atoms with Crippen LogP contribution in [0, 0.1) is 0 Å². The Kier molecular flexibility index (Phi) is 7.52. The number of hydrogen-bond acceptors (Lipinski definition) is 4. The second-order valence-corrected chi connectivity index (χ2v) is 8.59. The van der Waals surface area contributed by atoms with Crippen LogP contribution < -0.4 is 15.5 Å². The van der Waals surface area contributed by atoms with Crippen molar-refractivity contribution in [2.24, 2.45) is 0 Å². The van der Waals surface area contributed by atoms with E-state index >= 15 is 0 Å². The van der Waals surface area contributed by atoms with Gasteiger partial charge in [-0.25, -0.2) is 0 Å². The Labute approximate surface area is 199 Å². The zero-order chi connectivity index (χ0) is 25.2. The van der Waals surface area contributed by atoms with Crippen LogP contribution in [-0.2, 0) is 20.6 Å². The zero-order valence-electron chi connectivity index (χ0n) is 18.7. The van der Waals surface area contributed by atoms with Crippen molar-refractivity contribution in [3.63, 3.8) is 0 Å². The molecular weight excluding hydrogens is 473 g/mol. The Balaban J connectivity index is 1.75. The molecule has 0 aromatic heterocycles. The molecule has 3 rings (SSSR count). The number of rotatable bonds is 5. The van der Waals surface area contributed by atoms with Crippen molar-refractivity contribution in [1.29, 1.82) is 0 Å². The van der Waals surface area contributed by atoms with E-state index in [1.165, 1.54) is 29.8 Å². The van der Waals surface area contributed by atoms with Crippen LogP contribution in [0.4, 0.5) is 30.2 Å². The highest BCUT2D eigenvalue weighted by atomic mass is 35.5. The van der Waals surface area contributed by atoms with Gasteiger partial charge in [0.25, 0.3) is 0 Å². The van der Waals surface area contributed by atoms with E-state index in [0.717, 1.165) is 12.1 Å². The van der Waals surface area contributed by atoms with Crippen molar-refractivity contribution in [1.82, 2.24) is 4.90 Å². The average molecular weight is 497 g/mol. The predicted octanol–water partition coefficient (Wildman–Crippen LogP) is 4.38. The molecule has 0 fully saturated rings. The van der Waals surface area contributed by atoms with Crippen molar-refractivity contribution in [3.8, 4) is 0 Å². The number of carbonyl (C=O) groups is 3. The number of amides is 3. The highest BCUT2D eigenvalue weighted by molar-refractivity contribution is 6.30. The molecule has 1 aliphatic heterocycles. The van der Waals surface area contributed by atoms with Crippen molar-refractivity contribution in [3.05, 3.63) is 53.1 Å². The summed E-state index contributed by atoms with van der Waals surface area (Å²) in [5, 5.41) is 4.94. The molecule has 7 nitrogen and oxygen atoms in total. The van der Waals surface area contributed by atoms with E-state index in [0.29, 0.717) is 11.4 Å². The quantitative estimate of drug-likeness (QED) is 0.643. The molecule has 1 heterocycles. The van der Waals surface area contributed by atoms with Crippen LogP contribution >= 0.6 is 11.6 Å². The van der Waals surface area contributed by atoms with Crippen molar-refractivity contribution in [2.45, 2.75) is 38.5 Å². The SMILES string of the molecule is CC(C(=O)Nc1ccc(Cl)cc1C(F)(F)F)N(C)CC(=O)N1c2ccccc2NC(=O)CC1C. The summed E-state index contributed by atoms with van der Waals surface area (Å²) in [6.45, 7) is 3.03. The molecule has 11 heteroatoms. The van der Waals surface area contributed by atoms with Crippen LogP contribution in [0.5, 0.6) is 0 Å². The minimum absolute atomic E-state index is 0.0942. The van der Waals surface area contributed by atoms with Crippen LogP contribution in [0.15, 0.2) is 42.5 Å². The Hall–Kier alpha value is -3.11. The van der Waals surface area contributed by atoms with E-state index in [2.05, 4.69) is 10.6 Å². The summed E-state index contributed by atoms with van der Waals surface area (Å²) < 4.78 is 40.0. The van der Waals surface area contributed by atoms with Crippen LogP contribution in [0.3, 0.4) is 0 Å². The highest BCUT2D eigenvalue weighted by Gasteiger charge is 2.35. The van der Waals surface area contributed by atoms with Crippen LogP contribution in [-0.4, -0.2) is 48.3 Å². The van der Waals surface area contributed by atoms with Gasteiger partial charge in [-0.3, -0.25) is 19.3 Å². The molecule has 0 bridgehead atoms. The Morgan fingerprint density at radius 3 is 2.62 bits per heavy atom. The van der Waals surface area contributed by atoms with Gasteiger partial charge in [0, 0.05) is 17.5 Å². The molecule has 2 atom stereocenters. The molecule has 1 aliphatic rings. The molecule has 2 aromatic rings. The maximum absolute atomic E-state index is 13.3. The van der Waals surface area contributed by atoms with Gasteiger partial charge in [0.2, 0.25) is 17.7 Å². The van der Waals surface area contributed by atoms with E-state index in [1.54, 1.807) is 31.2 Å². The number of fused-ring (bicyclic) bond motifs is 1. The maximum atomic E-state index is 13.3. The van der Waals surface area contributed by atoms with E-state index in [1.807, 2.05) is 0 Å². The average Bonchev–Trinajstić information content (AvgIpc) is 2.87. The molecule has 2 N–H and O–H groups in total. The molecule has 0 radical (unpaired) electrons. The highest BCUT2D eigenvalue weighted by Crippen LogP contribution is 2.36.